The quantitative estimate of drug-likeness (QED) is 0.581. The first-order valence-electron chi connectivity index (χ1n) is 3.41. The van der Waals surface area contributed by atoms with Crippen LogP contribution in [0.15, 0.2) is 23.8 Å². The van der Waals surface area contributed by atoms with Gasteiger partial charge >= 0.3 is 0 Å². The molecule has 0 aromatic heterocycles. The number of alkyl halides is 3. The van der Waals surface area contributed by atoms with Gasteiger partial charge in [0.1, 0.15) is 4.33 Å². The monoisotopic (exact) mass is 210 g/mol. The lowest BCUT2D eigenvalue weighted by molar-refractivity contribution is 0.856. The van der Waals surface area contributed by atoms with E-state index >= 15 is 0 Å². The first-order chi connectivity index (χ1) is 5.01. The highest BCUT2D eigenvalue weighted by Gasteiger charge is 2.25. The van der Waals surface area contributed by atoms with Crippen molar-refractivity contribution in [1.29, 1.82) is 0 Å². The third-order valence-electron chi connectivity index (χ3n) is 1.60. The first-order valence-corrected chi connectivity index (χ1v) is 4.61. The summed E-state index contributed by atoms with van der Waals surface area (Å²) in [6.45, 7) is 1.91. The third kappa shape index (κ3) is 2.70. The van der Waals surface area contributed by atoms with Crippen molar-refractivity contribution in [3.8, 4) is 0 Å². The van der Waals surface area contributed by atoms with Crippen LogP contribution in [0.3, 0.4) is 0 Å². The SMILES string of the molecule is CC(Cl)C1=CC=CC(Cl)(Cl)C1. The van der Waals surface area contributed by atoms with Crippen molar-refractivity contribution in [2.45, 2.75) is 23.1 Å². The van der Waals surface area contributed by atoms with E-state index in [1.165, 1.54) is 0 Å². The highest BCUT2D eigenvalue weighted by atomic mass is 35.5. The Bertz CT molecular complexity index is 201. The zero-order valence-electron chi connectivity index (χ0n) is 6.15. The van der Waals surface area contributed by atoms with Gasteiger partial charge in [0.15, 0.2) is 0 Å². The molecule has 62 valence electrons. The van der Waals surface area contributed by atoms with Crippen molar-refractivity contribution >= 4 is 34.8 Å². The van der Waals surface area contributed by atoms with E-state index in [0.29, 0.717) is 6.42 Å². The molecule has 0 spiro atoms. The lowest BCUT2D eigenvalue weighted by atomic mass is 10.0. The van der Waals surface area contributed by atoms with E-state index in [4.69, 9.17) is 34.8 Å². The van der Waals surface area contributed by atoms with Crippen LogP contribution in [0.2, 0.25) is 0 Å². The molecule has 0 saturated carbocycles. The summed E-state index contributed by atoms with van der Waals surface area (Å²) in [6, 6.07) is 0. The summed E-state index contributed by atoms with van der Waals surface area (Å²) < 4.78 is -0.757. The molecule has 1 aliphatic rings. The number of halogens is 3. The predicted octanol–water partition coefficient (Wildman–Crippen LogP) is 3.67. The molecule has 1 atom stereocenters. The first kappa shape index (κ1) is 9.44. The predicted molar refractivity (Wildman–Crippen MR) is 51.6 cm³/mol. The molecule has 0 amide bonds. The number of hydrogen-bond donors (Lipinski definition) is 0. The number of allylic oxidation sites excluding steroid dienone is 4. The van der Waals surface area contributed by atoms with E-state index in [2.05, 4.69) is 0 Å². The van der Waals surface area contributed by atoms with Gasteiger partial charge in [0, 0.05) is 6.42 Å². The van der Waals surface area contributed by atoms with Crippen molar-refractivity contribution in [3.63, 3.8) is 0 Å². The van der Waals surface area contributed by atoms with E-state index in [9.17, 15) is 0 Å². The van der Waals surface area contributed by atoms with Crippen LogP contribution in [-0.4, -0.2) is 9.71 Å². The zero-order valence-corrected chi connectivity index (χ0v) is 8.42. The molecule has 0 N–H and O–H groups in total. The fourth-order valence-electron chi connectivity index (χ4n) is 0.976. The van der Waals surface area contributed by atoms with Crippen LogP contribution in [0.5, 0.6) is 0 Å². The van der Waals surface area contributed by atoms with Gasteiger partial charge in [0.05, 0.1) is 5.38 Å². The summed E-state index contributed by atoms with van der Waals surface area (Å²) in [5, 5.41) is 0.0109. The van der Waals surface area contributed by atoms with Gasteiger partial charge in [-0.1, -0.05) is 35.4 Å². The van der Waals surface area contributed by atoms with Gasteiger partial charge in [0.25, 0.3) is 0 Å². The molecule has 0 nitrogen and oxygen atoms in total. The van der Waals surface area contributed by atoms with Gasteiger partial charge in [-0.2, -0.15) is 0 Å². The molecule has 0 saturated heterocycles. The molecular weight excluding hydrogens is 202 g/mol. The highest BCUT2D eigenvalue weighted by molar-refractivity contribution is 6.50. The summed E-state index contributed by atoms with van der Waals surface area (Å²) in [5.74, 6) is 0. The molecule has 1 aliphatic carbocycles. The normalized spacial score (nSPS) is 24.5. The summed E-state index contributed by atoms with van der Waals surface area (Å²) in [5.41, 5.74) is 1.08. The van der Waals surface area contributed by atoms with Gasteiger partial charge < -0.3 is 0 Å². The van der Waals surface area contributed by atoms with Gasteiger partial charge in [-0.15, -0.1) is 11.6 Å². The maximum absolute atomic E-state index is 5.89. The van der Waals surface area contributed by atoms with Crippen LogP contribution in [0.1, 0.15) is 13.3 Å². The van der Waals surface area contributed by atoms with Gasteiger partial charge in [-0.25, -0.2) is 0 Å². The Morgan fingerprint density at radius 2 is 2.18 bits per heavy atom. The zero-order chi connectivity index (χ0) is 8.48. The van der Waals surface area contributed by atoms with Crippen molar-refractivity contribution in [3.05, 3.63) is 23.8 Å². The Balaban J connectivity index is 2.73. The lowest BCUT2D eigenvalue weighted by Crippen LogP contribution is -2.15. The molecule has 11 heavy (non-hydrogen) atoms. The molecule has 0 fully saturated rings. The van der Waals surface area contributed by atoms with Crippen molar-refractivity contribution in [2.75, 3.05) is 0 Å². The number of hydrogen-bond acceptors (Lipinski definition) is 0. The largest absolute Gasteiger partial charge is 0.140 e. The maximum Gasteiger partial charge on any atom is 0.140 e. The second kappa shape index (κ2) is 3.38. The van der Waals surface area contributed by atoms with Crippen LogP contribution < -0.4 is 0 Å². The molecule has 3 heteroatoms. The fraction of sp³-hybridized carbons (Fsp3) is 0.500. The van der Waals surface area contributed by atoms with Gasteiger partial charge in [0.2, 0.25) is 0 Å². The average molecular weight is 212 g/mol. The smallest absolute Gasteiger partial charge is 0.118 e. The van der Waals surface area contributed by atoms with E-state index in [1.807, 2.05) is 19.1 Å². The highest BCUT2D eigenvalue weighted by Crippen LogP contribution is 2.35. The molecule has 1 rings (SSSR count). The Hall–Kier alpha value is 0.350. The van der Waals surface area contributed by atoms with Crippen molar-refractivity contribution < 1.29 is 0 Å². The molecule has 1 unspecified atom stereocenters. The lowest BCUT2D eigenvalue weighted by Gasteiger charge is -2.21. The summed E-state index contributed by atoms with van der Waals surface area (Å²) in [4.78, 5) is 0. The van der Waals surface area contributed by atoms with Gasteiger partial charge in [-0.05, 0) is 18.6 Å². The molecule has 0 aromatic rings. The van der Waals surface area contributed by atoms with Crippen LogP contribution in [0.4, 0.5) is 0 Å². The maximum atomic E-state index is 5.89. The second-order valence-corrected chi connectivity index (χ2v) is 4.85. The minimum atomic E-state index is -0.757. The van der Waals surface area contributed by atoms with Crippen molar-refractivity contribution in [1.82, 2.24) is 0 Å². The van der Waals surface area contributed by atoms with Crippen molar-refractivity contribution in [2.24, 2.45) is 0 Å². The molecular formula is C8H9Cl3. The third-order valence-corrected chi connectivity index (χ3v) is 2.40. The van der Waals surface area contributed by atoms with E-state index in [-0.39, 0.29) is 5.38 Å². The van der Waals surface area contributed by atoms with E-state index < -0.39 is 4.33 Å². The van der Waals surface area contributed by atoms with Crippen LogP contribution in [-0.2, 0) is 0 Å². The summed E-state index contributed by atoms with van der Waals surface area (Å²) in [7, 11) is 0. The van der Waals surface area contributed by atoms with E-state index in [1.54, 1.807) is 6.08 Å². The van der Waals surface area contributed by atoms with Crippen LogP contribution >= 0.6 is 34.8 Å². The second-order valence-electron chi connectivity index (χ2n) is 2.65. The Morgan fingerprint density at radius 3 is 2.55 bits per heavy atom. The number of rotatable bonds is 1. The molecule has 0 heterocycles. The Kier molecular flexibility index (Phi) is 2.90. The topological polar surface area (TPSA) is 0 Å². The molecule has 0 radical (unpaired) electrons. The molecule has 0 aromatic carbocycles. The van der Waals surface area contributed by atoms with Crippen LogP contribution in [0.25, 0.3) is 0 Å². The molecule has 0 bridgehead atoms. The Morgan fingerprint density at radius 1 is 1.55 bits per heavy atom. The summed E-state index contributed by atoms with van der Waals surface area (Å²) in [6.07, 6.45) is 6.19. The minimum absolute atomic E-state index is 0.0109. The average Bonchev–Trinajstić information content (AvgIpc) is 1.85. The molecule has 0 aliphatic heterocycles. The van der Waals surface area contributed by atoms with Gasteiger partial charge in [-0.3, -0.25) is 0 Å². The van der Waals surface area contributed by atoms with E-state index in [0.717, 1.165) is 5.57 Å². The fourth-order valence-corrected chi connectivity index (χ4v) is 1.58. The minimum Gasteiger partial charge on any atom is -0.118 e. The summed E-state index contributed by atoms with van der Waals surface area (Å²) >= 11 is 17.6. The van der Waals surface area contributed by atoms with Crippen LogP contribution in [0, 0.1) is 0 Å². The Labute approximate surface area is 81.8 Å². The standard InChI is InChI=1S/C8H9Cl3/c1-6(9)7-3-2-4-8(10,11)5-7/h2-4,6H,5H2,1H3.